The topological polar surface area (TPSA) is 68.9 Å². The van der Waals surface area contributed by atoms with Crippen LogP contribution in [0.15, 0.2) is 65.8 Å². The summed E-state index contributed by atoms with van der Waals surface area (Å²) in [7, 11) is 0. The first kappa shape index (κ1) is 19.4. The van der Waals surface area contributed by atoms with Gasteiger partial charge in [-0.05, 0) is 36.2 Å². The maximum absolute atomic E-state index is 12.8. The molecule has 0 saturated carbocycles. The molecule has 0 fully saturated rings. The van der Waals surface area contributed by atoms with Gasteiger partial charge in [-0.15, -0.1) is 0 Å². The van der Waals surface area contributed by atoms with Crippen molar-refractivity contribution in [1.29, 1.82) is 0 Å². The molecule has 2 aromatic heterocycles. The van der Waals surface area contributed by atoms with Crippen molar-refractivity contribution in [2.45, 2.75) is 19.1 Å². The maximum atomic E-state index is 12.8. The van der Waals surface area contributed by atoms with Gasteiger partial charge in [0.05, 0.1) is 11.9 Å². The van der Waals surface area contributed by atoms with Crippen LogP contribution in [0.4, 0.5) is 13.2 Å². The van der Waals surface area contributed by atoms with Gasteiger partial charge < -0.3 is 9.88 Å². The van der Waals surface area contributed by atoms with E-state index in [-0.39, 0.29) is 6.54 Å². The molecule has 0 aliphatic rings. The molecule has 6 nitrogen and oxygen atoms in total. The Bertz CT molecular complexity index is 1010. The van der Waals surface area contributed by atoms with Crippen LogP contribution in [0.5, 0.6) is 0 Å². The Morgan fingerprint density at radius 2 is 1.86 bits per heavy atom. The van der Waals surface area contributed by atoms with E-state index in [1.807, 2.05) is 36.5 Å². The summed E-state index contributed by atoms with van der Waals surface area (Å²) in [5.74, 6) is -0.545. The van der Waals surface area contributed by atoms with Gasteiger partial charge in [0.2, 0.25) is 5.91 Å². The predicted octanol–water partition coefficient (Wildman–Crippen LogP) is 2.41. The third-order valence-electron chi connectivity index (χ3n) is 4.03. The third-order valence-corrected chi connectivity index (χ3v) is 4.03. The number of rotatable bonds is 6. The van der Waals surface area contributed by atoms with Crippen molar-refractivity contribution in [3.8, 4) is 5.69 Å². The van der Waals surface area contributed by atoms with Crippen molar-refractivity contribution in [3.05, 3.63) is 82.5 Å². The normalized spacial score (nSPS) is 11.4. The minimum atomic E-state index is -4.75. The van der Waals surface area contributed by atoms with Crippen LogP contribution in [0, 0.1) is 0 Å². The van der Waals surface area contributed by atoms with Crippen molar-refractivity contribution < 1.29 is 18.0 Å². The first-order chi connectivity index (χ1) is 13.3. The Labute approximate surface area is 158 Å². The quantitative estimate of drug-likeness (QED) is 0.703. The Balaban J connectivity index is 1.55. The molecule has 0 unspecified atom stereocenters. The molecule has 0 saturated heterocycles. The molecule has 2 heterocycles. The molecule has 0 bridgehead atoms. The fourth-order valence-electron chi connectivity index (χ4n) is 2.65. The molecule has 1 aromatic carbocycles. The summed E-state index contributed by atoms with van der Waals surface area (Å²) in [6, 6.07) is 11.3. The van der Waals surface area contributed by atoms with Gasteiger partial charge in [0.15, 0.2) is 0 Å². The number of halogens is 3. The van der Waals surface area contributed by atoms with Crippen molar-refractivity contribution in [2.75, 3.05) is 6.54 Å². The average Bonchev–Trinajstić information content (AvgIpc) is 3.12. The maximum Gasteiger partial charge on any atom is 0.421 e. The highest BCUT2D eigenvalue weighted by Gasteiger charge is 2.34. The number of para-hydroxylation sites is 1. The summed E-state index contributed by atoms with van der Waals surface area (Å²) in [5, 5.41) is 6.85. The minimum Gasteiger partial charge on any atom is -0.354 e. The lowest BCUT2D eigenvalue weighted by Gasteiger charge is -2.10. The third kappa shape index (κ3) is 4.67. The summed E-state index contributed by atoms with van der Waals surface area (Å²) in [6.07, 6.45) is 0.405. The lowest BCUT2D eigenvalue weighted by Crippen LogP contribution is -2.35. The van der Waals surface area contributed by atoms with Crippen molar-refractivity contribution in [1.82, 2.24) is 19.7 Å². The van der Waals surface area contributed by atoms with Crippen LogP contribution < -0.4 is 10.9 Å². The van der Waals surface area contributed by atoms with Gasteiger partial charge in [-0.2, -0.15) is 18.3 Å². The van der Waals surface area contributed by atoms with Crippen molar-refractivity contribution in [2.24, 2.45) is 0 Å². The molecule has 146 valence electrons. The lowest BCUT2D eigenvalue weighted by atomic mass is 10.2. The molecule has 0 atom stereocenters. The van der Waals surface area contributed by atoms with Gasteiger partial charge in [-0.1, -0.05) is 18.2 Å². The number of nitrogens with one attached hydrogen (secondary N) is 1. The number of carbonyl (C=O) groups is 1. The molecule has 0 aliphatic carbocycles. The molecule has 0 spiro atoms. The monoisotopic (exact) mass is 390 g/mol. The zero-order valence-corrected chi connectivity index (χ0v) is 14.7. The number of alkyl halides is 3. The molecule has 9 heteroatoms. The van der Waals surface area contributed by atoms with Crippen molar-refractivity contribution in [3.63, 3.8) is 0 Å². The van der Waals surface area contributed by atoms with E-state index in [0.717, 1.165) is 28.1 Å². The standard InChI is InChI=1S/C19H17F3N4O2/c20-19(21,22)16-7-4-10-25(18(16)28)13-17(27)23-9-8-14-11-24-26(12-14)15-5-2-1-3-6-15/h1-7,10-12H,8-9,13H2,(H,23,27). The van der Waals surface area contributed by atoms with Gasteiger partial charge in [0.25, 0.3) is 5.56 Å². The molecular formula is C19H17F3N4O2. The van der Waals surface area contributed by atoms with E-state index in [0.29, 0.717) is 12.5 Å². The molecule has 3 rings (SSSR count). The van der Waals surface area contributed by atoms with Crippen LogP contribution in [0.1, 0.15) is 11.1 Å². The summed E-state index contributed by atoms with van der Waals surface area (Å²) >= 11 is 0. The fraction of sp³-hybridized carbons (Fsp3) is 0.211. The molecule has 3 aromatic rings. The van der Waals surface area contributed by atoms with E-state index in [9.17, 15) is 22.8 Å². The van der Waals surface area contributed by atoms with E-state index in [1.165, 1.54) is 0 Å². The Morgan fingerprint density at radius 3 is 2.57 bits per heavy atom. The number of hydrogen-bond acceptors (Lipinski definition) is 3. The van der Waals surface area contributed by atoms with Gasteiger partial charge in [-0.25, -0.2) is 4.68 Å². The first-order valence-corrected chi connectivity index (χ1v) is 8.47. The molecule has 1 amide bonds. The smallest absolute Gasteiger partial charge is 0.354 e. The van der Waals surface area contributed by atoms with Gasteiger partial charge >= 0.3 is 6.18 Å². The molecule has 28 heavy (non-hydrogen) atoms. The number of nitrogens with zero attached hydrogens (tertiary/aromatic N) is 3. The van der Waals surface area contributed by atoms with Crippen LogP contribution >= 0.6 is 0 Å². The van der Waals surface area contributed by atoms with E-state index in [4.69, 9.17) is 0 Å². The van der Waals surface area contributed by atoms with Gasteiger partial charge in [0.1, 0.15) is 12.1 Å². The Hall–Kier alpha value is -3.36. The number of hydrogen-bond donors (Lipinski definition) is 1. The highest BCUT2D eigenvalue weighted by molar-refractivity contribution is 5.75. The zero-order valence-electron chi connectivity index (χ0n) is 14.7. The number of aromatic nitrogens is 3. The lowest BCUT2D eigenvalue weighted by molar-refractivity contribution is -0.139. The van der Waals surface area contributed by atoms with Crippen LogP contribution in [-0.4, -0.2) is 26.8 Å². The van der Waals surface area contributed by atoms with Crippen LogP contribution in [0.25, 0.3) is 5.69 Å². The van der Waals surface area contributed by atoms with E-state index in [2.05, 4.69) is 10.4 Å². The number of pyridine rings is 1. The summed E-state index contributed by atoms with van der Waals surface area (Å²) in [4.78, 5) is 23.8. The second-order valence-corrected chi connectivity index (χ2v) is 6.08. The van der Waals surface area contributed by atoms with E-state index >= 15 is 0 Å². The first-order valence-electron chi connectivity index (χ1n) is 8.47. The highest BCUT2D eigenvalue weighted by Crippen LogP contribution is 2.25. The van der Waals surface area contributed by atoms with E-state index < -0.39 is 29.8 Å². The van der Waals surface area contributed by atoms with Crippen LogP contribution in [0.2, 0.25) is 0 Å². The summed E-state index contributed by atoms with van der Waals surface area (Å²) in [6.45, 7) is -0.209. The predicted molar refractivity (Wildman–Crippen MR) is 96.0 cm³/mol. The second-order valence-electron chi connectivity index (χ2n) is 6.08. The Morgan fingerprint density at radius 1 is 1.11 bits per heavy atom. The minimum absolute atomic E-state index is 0.271. The highest BCUT2D eigenvalue weighted by atomic mass is 19.4. The molecule has 0 aliphatic heterocycles. The average molecular weight is 390 g/mol. The summed E-state index contributed by atoms with van der Waals surface area (Å²) in [5.41, 5.74) is -0.743. The molecular weight excluding hydrogens is 373 g/mol. The van der Waals surface area contributed by atoms with E-state index in [1.54, 1.807) is 10.9 Å². The number of benzene rings is 1. The fourth-order valence-corrected chi connectivity index (χ4v) is 2.65. The zero-order chi connectivity index (χ0) is 20.1. The molecule has 0 radical (unpaired) electrons. The number of carbonyl (C=O) groups excluding carboxylic acids is 1. The van der Waals surface area contributed by atoms with Crippen molar-refractivity contribution >= 4 is 5.91 Å². The SMILES string of the molecule is O=C(Cn1cccc(C(F)(F)F)c1=O)NCCc1cnn(-c2ccccc2)c1. The second kappa shape index (κ2) is 8.12. The largest absolute Gasteiger partial charge is 0.421 e. The summed E-state index contributed by atoms with van der Waals surface area (Å²) < 4.78 is 40.7. The Kier molecular flexibility index (Phi) is 5.62. The van der Waals surface area contributed by atoms with Crippen LogP contribution in [0.3, 0.4) is 0 Å². The van der Waals surface area contributed by atoms with Gasteiger partial charge in [-0.3, -0.25) is 9.59 Å². The number of amides is 1. The molecule has 1 N–H and O–H groups in total. The van der Waals surface area contributed by atoms with Crippen LogP contribution in [-0.2, 0) is 23.9 Å². The van der Waals surface area contributed by atoms with Gasteiger partial charge in [0, 0.05) is 18.9 Å².